The number of para-hydroxylation sites is 1. The summed E-state index contributed by atoms with van der Waals surface area (Å²) < 4.78 is 12.1. The maximum absolute atomic E-state index is 14.7. The van der Waals surface area contributed by atoms with Gasteiger partial charge in [-0.1, -0.05) is 66.2 Å². The number of ether oxygens (including phenoxy) is 2. The quantitative estimate of drug-likeness (QED) is 0.228. The van der Waals surface area contributed by atoms with Gasteiger partial charge in [-0.25, -0.2) is 0 Å². The summed E-state index contributed by atoms with van der Waals surface area (Å²) in [6, 6.07) is 12.0. The van der Waals surface area contributed by atoms with Crippen molar-refractivity contribution in [3.8, 4) is 0 Å². The molecule has 5 rings (SSSR count). The number of hydrogen-bond donors (Lipinski definition) is 2. The van der Waals surface area contributed by atoms with Crippen LogP contribution in [0.1, 0.15) is 49.8 Å². The second kappa shape index (κ2) is 14.4. The summed E-state index contributed by atoms with van der Waals surface area (Å²) in [6.45, 7) is 10.6. The molecule has 3 aliphatic heterocycles. The van der Waals surface area contributed by atoms with Gasteiger partial charge in [-0.05, 0) is 50.3 Å². The van der Waals surface area contributed by atoms with Crippen LogP contribution in [-0.4, -0.2) is 77.2 Å². The summed E-state index contributed by atoms with van der Waals surface area (Å²) in [6.07, 6.45) is 4.10. The van der Waals surface area contributed by atoms with Crippen LogP contribution < -0.4 is 10.2 Å². The summed E-state index contributed by atoms with van der Waals surface area (Å²) in [5, 5.41) is 13.6. The van der Waals surface area contributed by atoms with Gasteiger partial charge in [0.25, 0.3) is 5.91 Å². The molecule has 1 spiro atoms. The Kier molecular flexibility index (Phi) is 10.5. The summed E-state index contributed by atoms with van der Waals surface area (Å²) in [5.41, 5.74) is 0.697. The first-order valence-corrected chi connectivity index (χ1v) is 16.4. The number of anilines is 1. The summed E-state index contributed by atoms with van der Waals surface area (Å²) in [7, 11) is 0. The van der Waals surface area contributed by atoms with Crippen LogP contribution in [0.5, 0.6) is 0 Å². The van der Waals surface area contributed by atoms with Gasteiger partial charge >= 0.3 is 5.97 Å². The number of allylic oxidation sites excluding steroid dienone is 1. The fourth-order valence-electron chi connectivity index (χ4n) is 7.41. The highest BCUT2D eigenvalue weighted by atomic mass is 35.5. The molecule has 0 aromatic heterocycles. The Balaban J connectivity index is 1.48. The molecule has 3 amide bonds. The van der Waals surface area contributed by atoms with Crippen molar-refractivity contribution in [3.63, 3.8) is 0 Å². The SMILES string of the molecule is C=CCCC(=O)OC[C@@H](NC(=O)[C@@H]1[C@@H]2CC[C@]3(O2)[C@H](C(=O)N(CC=C)c2c(C)cccc2Cl)N([C@H](C)CO)C(=O)[C@@H]13)c1ccccc1. The number of amides is 3. The zero-order valence-corrected chi connectivity index (χ0v) is 27.5. The molecule has 3 saturated heterocycles. The highest BCUT2D eigenvalue weighted by Crippen LogP contribution is 2.59. The third kappa shape index (κ3) is 6.34. The van der Waals surface area contributed by atoms with Gasteiger partial charge in [-0.3, -0.25) is 19.2 Å². The predicted octanol–water partition coefficient (Wildman–Crippen LogP) is 4.29. The van der Waals surface area contributed by atoms with E-state index in [9.17, 15) is 24.3 Å². The third-order valence-corrected chi connectivity index (χ3v) is 9.84. The monoisotopic (exact) mass is 663 g/mol. The first kappa shape index (κ1) is 34.3. The zero-order valence-electron chi connectivity index (χ0n) is 26.8. The van der Waals surface area contributed by atoms with E-state index in [0.717, 1.165) is 11.1 Å². The van der Waals surface area contributed by atoms with E-state index in [2.05, 4.69) is 18.5 Å². The number of hydrogen-bond acceptors (Lipinski definition) is 7. The minimum absolute atomic E-state index is 0.101. The van der Waals surface area contributed by atoms with Crippen LogP contribution in [0.2, 0.25) is 5.02 Å². The molecular formula is C36H42ClN3O7. The molecule has 0 aliphatic carbocycles. The van der Waals surface area contributed by atoms with Crippen molar-refractivity contribution in [2.24, 2.45) is 11.8 Å². The van der Waals surface area contributed by atoms with Crippen molar-refractivity contribution in [2.45, 2.75) is 69.4 Å². The van der Waals surface area contributed by atoms with Crippen LogP contribution in [0.25, 0.3) is 0 Å². The maximum atomic E-state index is 14.7. The van der Waals surface area contributed by atoms with Crippen LogP contribution in [0.15, 0.2) is 73.8 Å². The lowest BCUT2D eigenvalue weighted by Crippen LogP contribution is -2.58. The minimum Gasteiger partial charge on any atom is -0.463 e. The van der Waals surface area contributed by atoms with Crippen LogP contribution >= 0.6 is 11.6 Å². The van der Waals surface area contributed by atoms with Gasteiger partial charge < -0.3 is 29.7 Å². The highest BCUT2D eigenvalue weighted by Gasteiger charge is 2.75. The molecule has 3 aliphatic rings. The molecule has 7 atom stereocenters. The van der Waals surface area contributed by atoms with E-state index in [4.69, 9.17) is 21.1 Å². The molecule has 2 aromatic carbocycles. The van der Waals surface area contributed by atoms with Crippen LogP contribution in [0.3, 0.4) is 0 Å². The number of halogens is 1. The lowest BCUT2D eigenvalue weighted by molar-refractivity contribution is -0.146. The molecular weight excluding hydrogens is 622 g/mol. The van der Waals surface area contributed by atoms with Gasteiger partial charge in [0.2, 0.25) is 11.8 Å². The molecule has 10 nitrogen and oxygen atoms in total. The van der Waals surface area contributed by atoms with Crippen LogP contribution in [0, 0.1) is 18.8 Å². The largest absolute Gasteiger partial charge is 0.463 e. The molecule has 2 aromatic rings. The van der Waals surface area contributed by atoms with Crippen LogP contribution in [0.4, 0.5) is 5.69 Å². The number of fused-ring (bicyclic) bond motifs is 1. The second-order valence-corrected chi connectivity index (χ2v) is 12.9. The summed E-state index contributed by atoms with van der Waals surface area (Å²) >= 11 is 6.62. The Morgan fingerprint density at radius 3 is 2.60 bits per heavy atom. The number of carbonyl (C=O) groups is 4. The number of likely N-dealkylation sites (tertiary alicyclic amines) is 1. The number of aliphatic hydroxyl groups is 1. The average Bonchev–Trinajstić information content (AvgIpc) is 3.72. The minimum atomic E-state index is -1.29. The molecule has 250 valence electrons. The number of esters is 1. The Labute approximate surface area is 280 Å². The van der Waals surface area contributed by atoms with E-state index >= 15 is 0 Å². The zero-order chi connectivity index (χ0) is 33.9. The second-order valence-electron chi connectivity index (χ2n) is 12.5. The Bertz CT molecular complexity index is 1510. The van der Waals surface area contributed by atoms with Crippen molar-refractivity contribution in [2.75, 3.05) is 24.7 Å². The lowest BCUT2D eigenvalue weighted by atomic mass is 9.70. The number of carbonyl (C=O) groups excluding carboxylic acids is 4. The molecule has 3 fully saturated rings. The predicted molar refractivity (Wildman–Crippen MR) is 177 cm³/mol. The maximum Gasteiger partial charge on any atom is 0.306 e. The van der Waals surface area contributed by atoms with Gasteiger partial charge in [-0.2, -0.15) is 0 Å². The van der Waals surface area contributed by atoms with Crippen molar-refractivity contribution in [1.29, 1.82) is 0 Å². The van der Waals surface area contributed by atoms with E-state index in [1.807, 2.05) is 43.3 Å². The van der Waals surface area contributed by atoms with E-state index < -0.39 is 72.0 Å². The molecule has 0 saturated carbocycles. The fourth-order valence-corrected chi connectivity index (χ4v) is 7.73. The van der Waals surface area contributed by atoms with Gasteiger partial charge in [0, 0.05) is 13.0 Å². The smallest absolute Gasteiger partial charge is 0.306 e. The van der Waals surface area contributed by atoms with E-state index in [1.54, 1.807) is 31.2 Å². The fraction of sp³-hybridized carbons (Fsp3) is 0.444. The van der Waals surface area contributed by atoms with Gasteiger partial charge in [0.1, 0.15) is 18.2 Å². The lowest BCUT2D eigenvalue weighted by Gasteiger charge is -2.39. The Morgan fingerprint density at radius 2 is 1.94 bits per heavy atom. The first-order valence-electron chi connectivity index (χ1n) is 16.0. The molecule has 2 bridgehead atoms. The van der Waals surface area contributed by atoms with E-state index in [0.29, 0.717) is 30.0 Å². The summed E-state index contributed by atoms with van der Waals surface area (Å²) in [5.74, 6) is -3.56. The van der Waals surface area contributed by atoms with Crippen molar-refractivity contribution in [1.82, 2.24) is 10.2 Å². The average molecular weight is 664 g/mol. The number of aryl methyl sites for hydroxylation is 1. The number of rotatable bonds is 14. The van der Waals surface area contributed by atoms with Crippen molar-refractivity contribution in [3.05, 3.63) is 90.0 Å². The first-order chi connectivity index (χ1) is 22.6. The normalized spacial score (nSPS) is 25.5. The van der Waals surface area contributed by atoms with Crippen molar-refractivity contribution < 1.29 is 33.8 Å². The van der Waals surface area contributed by atoms with Gasteiger partial charge in [0.05, 0.1) is 47.3 Å². The molecule has 2 N–H and O–H groups in total. The molecule has 11 heteroatoms. The van der Waals surface area contributed by atoms with Gasteiger partial charge in [-0.15, -0.1) is 13.2 Å². The Hall–Kier alpha value is -3.99. The highest BCUT2D eigenvalue weighted by molar-refractivity contribution is 6.34. The summed E-state index contributed by atoms with van der Waals surface area (Å²) in [4.78, 5) is 58.5. The number of nitrogens with zero attached hydrogens (tertiary/aromatic N) is 2. The van der Waals surface area contributed by atoms with E-state index in [1.165, 1.54) is 9.80 Å². The third-order valence-electron chi connectivity index (χ3n) is 9.53. The van der Waals surface area contributed by atoms with Crippen molar-refractivity contribution >= 4 is 41.0 Å². The topological polar surface area (TPSA) is 125 Å². The Morgan fingerprint density at radius 1 is 1.19 bits per heavy atom. The number of benzene rings is 2. The molecule has 3 heterocycles. The molecule has 0 radical (unpaired) electrons. The van der Waals surface area contributed by atoms with E-state index in [-0.39, 0.29) is 19.6 Å². The van der Waals surface area contributed by atoms with Gasteiger partial charge in [0.15, 0.2) is 0 Å². The van der Waals surface area contributed by atoms with Crippen LogP contribution in [-0.2, 0) is 28.7 Å². The molecule has 47 heavy (non-hydrogen) atoms. The number of aliphatic hydroxyl groups excluding tert-OH is 1. The number of nitrogens with one attached hydrogen (secondary N) is 1. The molecule has 0 unspecified atom stereocenters. The standard InChI is InChI=1S/C36H42ClN3O7/c1-5-7-16-28(42)46-21-26(24-13-9-8-10-14-24)38-33(43)29-27-17-18-36(47-27)30(29)34(44)40(23(4)20-41)32(36)35(45)39(19-6-2)31-22(3)12-11-15-25(31)37/h5-6,8-15,23,26-27,29-30,32,41H,1-2,7,16-21H2,3-4H3,(H,38,43)/t23-,26-,27+,29-,30-,32+,36-/m1/s1.